The quantitative estimate of drug-likeness (QED) is 0.693. The maximum absolute atomic E-state index is 14.0. The van der Waals surface area contributed by atoms with Crippen molar-refractivity contribution in [2.45, 2.75) is 6.54 Å². The first-order chi connectivity index (χ1) is 12.6. The van der Waals surface area contributed by atoms with E-state index < -0.39 is 11.8 Å². The molecule has 1 fully saturated rings. The van der Waals surface area contributed by atoms with Gasteiger partial charge in [-0.2, -0.15) is 0 Å². The van der Waals surface area contributed by atoms with E-state index in [4.69, 9.17) is 9.52 Å². The Morgan fingerprint density at radius 2 is 1.81 bits per heavy atom. The third-order valence-corrected chi connectivity index (χ3v) is 4.73. The number of rotatable bonds is 4. The summed E-state index contributed by atoms with van der Waals surface area (Å²) in [6.07, 6.45) is 0. The number of benzene rings is 2. The second kappa shape index (κ2) is 8.18. The van der Waals surface area contributed by atoms with E-state index in [-0.39, 0.29) is 26.0 Å². The summed E-state index contributed by atoms with van der Waals surface area (Å²) in [6.45, 7) is 4.04. The van der Waals surface area contributed by atoms with E-state index in [1.807, 2.05) is 18.2 Å². The molecule has 0 saturated carbocycles. The Morgan fingerprint density at radius 1 is 1.11 bits per heavy atom. The number of anilines is 1. The monoisotopic (exact) mass is 362 g/mol. The van der Waals surface area contributed by atoms with Crippen molar-refractivity contribution in [3.63, 3.8) is 0 Å². The fourth-order valence-corrected chi connectivity index (χ4v) is 3.43. The molecule has 0 spiro atoms. The first kappa shape index (κ1) is 19.5. The number of piperazine rings is 1. The van der Waals surface area contributed by atoms with Crippen LogP contribution in [0.5, 0.6) is 0 Å². The Bertz CT molecular complexity index is 943. The van der Waals surface area contributed by atoms with Gasteiger partial charge in [-0.15, -0.1) is 0 Å². The summed E-state index contributed by atoms with van der Waals surface area (Å²) < 4.78 is 19.5. The zero-order valence-electron chi connectivity index (χ0n) is 16.2. The molecule has 1 aromatic heterocycles. The summed E-state index contributed by atoms with van der Waals surface area (Å²) in [5.74, 6) is -1.72. The van der Waals surface area contributed by atoms with E-state index in [2.05, 4.69) is 21.9 Å². The van der Waals surface area contributed by atoms with E-state index in [1.54, 1.807) is 0 Å². The van der Waals surface area contributed by atoms with E-state index in [0.717, 1.165) is 32.7 Å². The molecule has 0 atom stereocenters. The van der Waals surface area contributed by atoms with Crippen LogP contribution in [0.2, 0.25) is 0 Å². The smallest absolute Gasteiger partial charge is 1.00 e. The molecule has 5 nitrogen and oxygen atoms in total. The molecule has 0 amide bonds. The third-order valence-electron chi connectivity index (χ3n) is 4.73. The summed E-state index contributed by atoms with van der Waals surface area (Å²) in [7, 11) is 0. The van der Waals surface area contributed by atoms with Gasteiger partial charge in [-0.25, -0.2) is 9.18 Å². The Balaban J connectivity index is 0.00000140. The number of carboxylic acids is 1. The molecule has 4 rings (SSSR count). The van der Waals surface area contributed by atoms with Crippen molar-refractivity contribution < 1.29 is 39.0 Å². The van der Waals surface area contributed by atoms with Gasteiger partial charge in [0.15, 0.2) is 5.58 Å². The van der Waals surface area contributed by atoms with Gasteiger partial charge in [-0.05, 0) is 17.7 Å². The second-order valence-electron chi connectivity index (χ2n) is 6.51. The van der Waals surface area contributed by atoms with Crippen LogP contribution in [0.4, 0.5) is 10.1 Å². The minimum atomic E-state index is -1.15. The number of hydrogen-bond donors (Lipinski definition) is 1. The first-order valence-corrected chi connectivity index (χ1v) is 8.58. The van der Waals surface area contributed by atoms with Gasteiger partial charge in [0.1, 0.15) is 5.82 Å². The van der Waals surface area contributed by atoms with Crippen LogP contribution < -0.4 is 23.8 Å². The van der Waals surface area contributed by atoms with Crippen LogP contribution in [0.15, 0.2) is 52.9 Å². The molecule has 0 bridgehead atoms. The van der Waals surface area contributed by atoms with Gasteiger partial charge in [-0.3, -0.25) is 4.90 Å². The van der Waals surface area contributed by atoms with Crippen LogP contribution in [-0.4, -0.2) is 42.2 Å². The number of hydrogen-bond acceptors (Lipinski definition) is 4. The topological polar surface area (TPSA) is 56.9 Å². The maximum atomic E-state index is 14.0. The molecular weight excluding hydrogens is 342 g/mol. The maximum Gasteiger partial charge on any atom is 1.00 e. The predicted octanol–water partition coefficient (Wildman–Crippen LogP) is 0.709. The Kier molecular flexibility index (Phi) is 5.91. The molecular formula is C20H20FLiN2O3. The molecule has 3 aromatic rings. The number of aromatic carboxylic acids is 1. The predicted molar refractivity (Wildman–Crippen MR) is 98.2 cm³/mol. The zero-order chi connectivity index (χ0) is 18.1. The fourth-order valence-electron chi connectivity index (χ4n) is 3.43. The number of furan rings is 1. The van der Waals surface area contributed by atoms with Crippen LogP contribution in [0.3, 0.4) is 0 Å². The zero-order valence-corrected chi connectivity index (χ0v) is 15.2. The molecule has 136 valence electrons. The normalized spacial score (nSPS) is 14.9. The van der Waals surface area contributed by atoms with Crippen molar-refractivity contribution in [1.82, 2.24) is 4.90 Å². The number of nitrogens with zero attached hydrogens (tertiary/aromatic N) is 2. The number of fused-ring (bicyclic) bond motifs is 1. The molecule has 27 heavy (non-hydrogen) atoms. The molecule has 2 heterocycles. The molecule has 1 aliphatic rings. The van der Waals surface area contributed by atoms with Gasteiger partial charge in [0, 0.05) is 44.2 Å². The Hall–Kier alpha value is -2.26. The third kappa shape index (κ3) is 4.19. The fraction of sp³-hybridized carbons (Fsp3) is 0.250. The molecule has 7 heteroatoms. The van der Waals surface area contributed by atoms with Crippen molar-refractivity contribution >= 4 is 22.6 Å². The minimum Gasteiger partial charge on any atom is -1.00 e. The Morgan fingerprint density at radius 3 is 2.48 bits per heavy atom. The van der Waals surface area contributed by atoms with Crippen molar-refractivity contribution in [3.8, 4) is 0 Å². The van der Waals surface area contributed by atoms with Crippen molar-refractivity contribution in [2.24, 2.45) is 0 Å². The average molecular weight is 362 g/mol. The summed E-state index contributed by atoms with van der Waals surface area (Å²) in [5, 5.41) is 9.60. The van der Waals surface area contributed by atoms with Gasteiger partial charge in [0.05, 0.1) is 5.69 Å². The van der Waals surface area contributed by atoms with E-state index >= 15 is 0 Å². The summed E-state index contributed by atoms with van der Waals surface area (Å²) in [6, 6.07) is 14.4. The number of halogens is 1. The van der Waals surface area contributed by atoms with Crippen LogP contribution in [0.1, 0.15) is 17.5 Å². The molecule has 0 unspecified atom stereocenters. The van der Waals surface area contributed by atoms with Gasteiger partial charge in [-0.1, -0.05) is 30.3 Å². The van der Waals surface area contributed by atoms with Gasteiger partial charge in [0.2, 0.25) is 5.76 Å². The van der Waals surface area contributed by atoms with Gasteiger partial charge >= 0.3 is 24.8 Å². The van der Waals surface area contributed by atoms with Gasteiger partial charge in [0.25, 0.3) is 0 Å². The summed E-state index contributed by atoms with van der Waals surface area (Å²) >= 11 is 0. The van der Waals surface area contributed by atoms with E-state index in [0.29, 0.717) is 16.7 Å². The van der Waals surface area contributed by atoms with Crippen molar-refractivity contribution in [2.75, 3.05) is 31.1 Å². The summed E-state index contributed by atoms with van der Waals surface area (Å²) in [5.41, 5.74) is 2.32. The Labute approximate surface area is 170 Å². The standard InChI is InChI=1S/C20H19FN2O3.Li.H/c21-16-10-15-11-18(20(24)25)26-19(15)17(12-16)23-8-6-22(7-9-23)13-14-4-2-1-3-5-14;;/h1-5,10-12H,6-9,13H2,(H,24,25);;/q;+1;-1. The van der Waals surface area contributed by atoms with Crippen molar-refractivity contribution in [3.05, 3.63) is 65.7 Å². The SMILES string of the molecule is O=C(O)c1cc2cc(F)cc(N3CCN(Cc4ccccc4)CC3)c2o1.[H-].[Li+]. The van der Waals surface area contributed by atoms with Crippen LogP contribution in [-0.2, 0) is 6.54 Å². The van der Waals surface area contributed by atoms with E-state index in [1.165, 1.54) is 23.8 Å². The summed E-state index contributed by atoms with van der Waals surface area (Å²) in [4.78, 5) is 15.6. The number of carbonyl (C=O) groups is 1. The van der Waals surface area contributed by atoms with Crippen LogP contribution in [0.25, 0.3) is 11.0 Å². The first-order valence-electron chi connectivity index (χ1n) is 8.58. The molecule has 1 N–H and O–H groups in total. The average Bonchev–Trinajstić information content (AvgIpc) is 3.07. The minimum absolute atomic E-state index is 0. The van der Waals surface area contributed by atoms with Crippen molar-refractivity contribution in [1.29, 1.82) is 0 Å². The molecule has 2 aromatic carbocycles. The molecule has 1 aliphatic heterocycles. The van der Waals surface area contributed by atoms with E-state index in [9.17, 15) is 9.18 Å². The van der Waals surface area contributed by atoms with Crippen LogP contribution >= 0.6 is 0 Å². The largest absolute Gasteiger partial charge is 1.00 e. The molecule has 0 aliphatic carbocycles. The van der Waals surface area contributed by atoms with Gasteiger partial charge < -0.3 is 15.9 Å². The van der Waals surface area contributed by atoms with Crippen LogP contribution in [0, 0.1) is 5.82 Å². The second-order valence-corrected chi connectivity index (χ2v) is 6.51. The number of carboxylic acid groups (broad SMARTS) is 1. The molecule has 0 radical (unpaired) electrons. The molecule has 1 saturated heterocycles.